The molecule has 3 rings (SSSR count). The minimum atomic E-state index is -5.76. The van der Waals surface area contributed by atoms with Crippen LogP contribution in [0.15, 0.2) is 28.5 Å². The van der Waals surface area contributed by atoms with Crippen molar-refractivity contribution in [2.24, 2.45) is 0 Å². The minimum Gasteiger partial charge on any atom is -0.506 e. The molecule has 0 saturated carbocycles. The summed E-state index contributed by atoms with van der Waals surface area (Å²) in [6, 6.07) is 4.52. The summed E-state index contributed by atoms with van der Waals surface area (Å²) in [7, 11) is 0. The van der Waals surface area contributed by atoms with Gasteiger partial charge in [-0.25, -0.2) is 0 Å². The van der Waals surface area contributed by atoms with Crippen molar-refractivity contribution in [1.82, 2.24) is 4.57 Å². The van der Waals surface area contributed by atoms with Crippen molar-refractivity contribution in [3.63, 3.8) is 0 Å². The number of thioether (sulfide) groups is 1. The maximum absolute atomic E-state index is 13.3. The number of carboxylic acids is 1. The van der Waals surface area contributed by atoms with Crippen molar-refractivity contribution in [3.8, 4) is 5.75 Å². The molecule has 13 heteroatoms. The van der Waals surface area contributed by atoms with E-state index in [1.807, 2.05) is 0 Å². The summed E-state index contributed by atoms with van der Waals surface area (Å²) in [6.07, 6.45) is -6.24. The zero-order valence-electron chi connectivity index (χ0n) is 15.3. The Morgan fingerprint density at radius 2 is 1.84 bits per heavy atom. The normalized spacial score (nSPS) is 12.5. The molecule has 0 spiro atoms. The van der Waals surface area contributed by atoms with Crippen LogP contribution in [-0.4, -0.2) is 38.1 Å². The average molecular weight is 500 g/mol. The van der Waals surface area contributed by atoms with Crippen molar-refractivity contribution in [3.05, 3.63) is 45.4 Å². The van der Waals surface area contributed by atoms with Crippen LogP contribution in [0.5, 0.6) is 5.75 Å². The Kier molecular flexibility index (Phi) is 6.02. The zero-order chi connectivity index (χ0) is 23.3. The molecule has 5 nitrogen and oxygen atoms in total. The maximum atomic E-state index is 13.3. The number of aromatic nitrogens is 1. The number of phenols is 1. The number of hydrogen-bond donors (Lipinski definition) is 2. The molecule has 31 heavy (non-hydrogen) atoms. The summed E-state index contributed by atoms with van der Waals surface area (Å²) in [4.78, 5) is 24.1. The summed E-state index contributed by atoms with van der Waals surface area (Å²) < 4.78 is 64.5. The third-order valence-corrected chi connectivity index (χ3v) is 6.78. The monoisotopic (exact) mass is 499 g/mol. The maximum Gasteiger partial charge on any atom is 0.464 e. The first-order valence-electron chi connectivity index (χ1n) is 8.25. The lowest BCUT2D eigenvalue weighted by atomic mass is 10.1. The number of aliphatic carboxylic acids is 1. The van der Waals surface area contributed by atoms with Gasteiger partial charge in [0.1, 0.15) is 5.75 Å². The predicted octanol–water partition coefficient (Wildman–Crippen LogP) is 5.93. The molecule has 0 aliphatic carbocycles. The molecule has 0 atom stereocenters. The molecule has 2 N–H and O–H groups in total. The minimum absolute atomic E-state index is 0.117. The first-order chi connectivity index (χ1) is 14.2. The van der Waals surface area contributed by atoms with Crippen LogP contribution in [0.1, 0.15) is 20.9 Å². The van der Waals surface area contributed by atoms with Gasteiger partial charge >= 0.3 is 17.4 Å². The van der Waals surface area contributed by atoms with Crippen molar-refractivity contribution >= 4 is 57.5 Å². The van der Waals surface area contributed by atoms with E-state index in [4.69, 9.17) is 11.6 Å². The second kappa shape index (κ2) is 7.99. The number of thiophene rings is 1. The zero-order valence-corrected chi connectivity index (χ0v) is 17.6. The third-order valence-electron chi connectivity index (χ3n) is 4.29. The fourth-order valence-corrected chi connectivity index (χ4v) is 4.99. The van der Waals surface area contributed by atoms with Crippen LogP contribution in [0.25, 0.3) is 10.9 Å². The Morgan fingerprint density at radius 1 is 1.19 bits per heavy atom. The summed E-state index contributed by atoms with van der Waals surface area (Å²) in [5.41, 5.74) is 0.578. The number of aromatic hydroxyl groups is 1. The molecule has 166 valence electrons. The van der Waals surface area contributed by atoms with E-state index in [1.165, 1.54) is 19.1 Å². The van der Waals surface area contributed by atoms with Gasteiger partial charge in [0.05, 0.1) is 26.0 Å². The molecule has 2 aromatic heterocycles. The highest BCUT2D eigenvalue weighted by atomic mass is 35.5. The lowest BCUT2D eigenvalue weighted by Gasteiger charge is -2.17. The van der Waals surface area contributed by atoms with Crippen LogP contribution in [0.3, 0.4) is 0 Å². The van der Waals surface area contributed by atoms with E-state index in [0.29, 0.717) is 11.3 Å². The van der Waals surface area contributed by atoms with Gasteiger partial charge in [0.25, 0.3) is 5.91 Å². The molecule has 3 aromatic rings. The number of carbonyl (C=O) groups excluding carboxylic acids is 1. The highest BCUT2D eigenvalue weighted by Crippen LogP contribution is 2.49. The molecule has 1 aromatic carbocycles. The summed E-state index contributed by atoms with van der Waals surface area (Å²) >= 11 is 5.63. The molecule has 0 unspecified atom stereocenters. The van der Waals surface area contributed by atoms with Crippen molar-refractivity contribution in [2.45, 2.75) is 29.0 Å². The first-order valence-corrected chi connectivity index (χ1v) is 10.3. The van der Waals surface area contributed by atoms with Crippen LogP contribution in [-0.2, 0) is 11.2 Å². The fraction of sp³-hybridized carbons (Fsp3) is 0.222. The number of phenolic OH excluding ortho intramolecular Hbond substituents is 1. The number of benzene rings is 1. The number of nitrogens with zero attached hydrogens (tertiary/aromatic N) is 1. The molecular formula is C18H11ClF5NO4S2. The predicted molar refractivity (Wildman–Crippen MR) is 106 cm³/mol. The molecule has 0 saturated heterocycles. The smallest absolute Gasteiger partial charge is 0.464 e. The molecule has 0 aliphatic rings. The van der Waals surface area contributed by atoms with Gasteiger partial charge in [-0.15, -0.1) is 11.3 Å². The van der Waals surface area contributed by atoms with Crippen molar-refractivity contribution in [1.29, 1.82) is 0 Å². The number of hydrogen-bond acceptors (Lipinski definition) is 5. The van der Waals surface area contributed by atoms with Crippen molar-refractivity contribution in [2.75, 3.05) is 0 Å². The van der Waals surface area contributed by atoms with E-state index in [-0.39, 0.29) is 37.8 Å². The lowest BCUT2D eigenvalue weighted by Crippen LogP contribution is -2.32. The number of fused-ring (bicyclic) bond motifs is 1. The molecular weight excluding hydrogens is 489 g/mol. The van der Waals surface area contributed by atoms with Crippen LogP contribution < -0.4 is 0 Å². The summed E-state index contributed by atoms with van der Waals surface area (Å²) in [6.45, 7) is 1.45. The molecule has 0 bridgehead atoms. The topological polar surface area (TPSA) is 79.5 Å². The SMILES string of the molecule is Cc1c(CC(=O)O)c2cc(O)c(Cl)cc2n1C(=O)c1ccc(SC(F)(F)C(F)(F)F)s1. The number of halogens is 6. The van der Waals surface area contributed by atoms with Gasteiger partial charge in [0, 0.05) is 11.1 Å². The van der Waals surface area contributed by atoms with Crippen LogP contribution in [0.2, 0.25) is 5.02 Å². The highest BCUT2D eigenvalue weighted by molar-refractivity contribution is 8.02. The van der Waals surface area contributed by atoms with Gasteiger partial charge in [-0.1, -0.05) is 11.6 Å². The summed E-state index contributed by atoms with van der Waals surface area (Å²) in [5.74, 6) is -2.31. The summed E-state index contributed by atoms with van der Waals surface area (Å²) in [5, 5.41) is 14.1. The second-order valence-electron chi connectivity index (χ2n) is 6.33. The number of carbonyl (C=O) groups is 2. The largest absolute Gasteiger partial charge is 0.506 e. The van der Waals surface area contributed by atoms with Gasteiger partial charge in [-0.2, -0.15) is 22.0 Å². The van der Waals surface area contributed by atoms with Gasteiger partial charge < -0.3 is 10.2 Å². The van der Waals surface area contributed by atoms with E-state index >= 15 is 0 Å². The van der Waals surface area contributed by atoms with E-state index in [0.717, 1.165) is 16.7 Å². The standard InChI is InChI=1S/C18H11ClF5NO4S2/c1-7-8(5-14(27)28)9-4-12(26)10(19)6-11(9)25(7)16(29)13-2-3-15(30-13)31-18(23,24)17(20,21)22/h2-4,6,26H,5H2,1H3,(H,27,28). The van der Waals surface area contributed by atoms with Crippen molar-refractivity contribution < 1.29 is 41.8 Å². The van der Waals surface area contributed by atoms with Gasteiger partial charge in [0.15, 0.2) is 0 Å². The van der Waals surface area contributed by atoms with Crippen LogP contribution >= 0.6 is 34.7 Å². The van der Waals surface area contributed by atoms with Gasteiger partial charge in [-0.05, 0) is 48.5 Å². The van der Waals surface area contributed by atoms with Crippen LogP contribution in [0, 0.1) is 6.92 Å². The molecule has 0 aliphatic heterocycles. The van der Waals surface area contributed by atoms with Gasteiger partial charge in [-0.3, -0.25) is 14.2 Å². The molecule has 2 heterocycles. The Bertz CT molecular complexity index is 1200. The second-order valence-corrected chi connectivity index (χ2v) is 9.24. The third kappa shape index (κ3) is 4.37. The van der Waals surface area contributed by atoms with Crippen LogP contribution in [0.4, 0.5) is 22.0 Å². The highest BCUT2D eigenvalue weighted by Gasteiger charge is 2.58. The lowest BCUT2D eigenvalue weighted by molar-refractivity contribution is -0.237. The Morgan fingerprint density at radius 3 is 2.42 bits per heavy atom. The quantitative estimate of drug-likeness (QED) is 0.336. The van der Waals surface area contributed by atoms with E-state index in [9.17, 15) is 41.8 Å². The van der Waals surface area contributed by atoms with E-state index in [1.54, 1.807) is 0 Å². The van der Waals surface area contributed by atoms with E-state index < -0.39 is 45.7 Å². The number of alkyl halides is 5. The fourth-order valence-electron chi connectivity index (χ4n) is 2.91. The molecule has 0 fully saturated rings. The molecule has 0 radical (unpaired) electrons. The Labute approximate surface area is 184 Å². The number of rotatable bonds is 5. The Hall–Kier alpha value is -2.31. The van der Waals surface area contributed by atoms with Gasteiger partial charge in [0.2, 0.25) is 0 Å². The molecule has 0 amide bonds. The number of carboxylic acid groups (broad SMARTS) is 1. The first kappa shape index (κ1) is 23.4. The van der Waals surface area contributed by atoms with E-state index in [2.05, 4.69) is 0 Å². The average Bonchev–Trinajstić information content (AvgIpc) is 3.18. The Balaban J connectivity index is 2.08.